The van der Waals surface area contributed by atoms with Crippen molar-refractivity contribution in [1.82, 2.24) is 4.67 Å². The van der Waals surface area contributed by atoms with Crippen LogP contribution in [0.15, 0.2) is 0 Å². The number of carbonyl (C=O) groups is 1. The molecule has 13 heavy (non-hydrogen) atoms. The van der Waals surface area contributed by atoms with E-state index in [-0.39, 0.29) is 0 Å². The predicted molar refractivity (Wildman–Crippen MR) is 44.0 cm³/mol. The van der Waals surface area contributed by atoms with E-state index >= 15 is 0 Å². The molecule has 6 nitrogen and oxygen atoms in total. The van der Waals surface area contributed by atoms with Crippen LogP contribution in [0.5, 0.6) is 0 Å². The molecule has 0 bridgehead atoms. The van der Waals surface area contributed by atoms with Gasteiger partial charge in [-0.2, -0.15) is 0 Å². The second-order valence-corrected chi connectivity index (χ2v) is 4.64. The summed E-state index contributed by atoms with van der Waals surface area (Å²) in [5.74, 6) is 0. The smallest absolute Gasteiger partial charge is 0.435 e. The molecule has 0 aromatic heterocycles. The first-order chi connectivity index (χ1) is 5.89. The summed E-state index contributed by atoms with van der Waals surface area (Å²) >= 11 is 0. The molecule has 0 aliphatic carbocycles. The predicted octanol–water partition coefficient (Wildman–Crippen LogP) is 0.441. The molecule has 0 spiro atoms. The van der Waals surface area contributed by atoms with Crippen molar-refractivity contribution in [3.8, 4) is 0 Å². The molecule has 78 valence electrons. The molecule has 0 saturated heterocycles. The minimum atomic E-state index is -3.73. The van der Waals surface area contributed by atoms with Crippen LogP contribution < -0.4 is 5.11 Å². The molecule has 0 rings (SSSR count). The highest BCUT2D eigenvalue weighted by Gasteiger charge is 2.33. The molecule has 0 aliphatic rings. The van der Waals surface area contributed by atoms with Gasteiger partial charge in [-0.3, -0.25) is 13.7 Å². The normalized spacial score (nSPS) is 11.8. The highest BCUT2D eigenvalue weighted by atomic mass is 31.2. The van der Waals surface area contributed by atoms with Gasteiger partial charge in [0.15, 0.2) is 0 Å². The third-order valence-electron chi connectivity index (χ3n) is 1.40. The van der Waals surface area contributed by atoms with Crippen LogP contribution in [0.3, 0.4) is 0 Å². The minimum absolute atomic E-state index is 0.532. The summed E-state index contributed by atoms with van der Waals surface area (Å²) in [6.45, 7) is 3.08. The second-order valence-electron chi connectivity index (χ2n) is 2.54. The van der Waals surface area contributed by atoms with Gasteiger partial charge in [0.2, 0.25) is 0 Å². The third-order valence-corrected chi connectivity index (χ3v) is 3.48. The van der Waals surface area contributed by atoms with Crippen molar-refractivity contribution in [2.45, 2.75) is 19.9 Å². The first-order valence-electron chi connectivity index (χ1n) is 3.61. The molecule has 0 saturated carbocycles. The number of hydrogen-bond donors (Lipinski definition) is 0. The first kappa shape index (κ1) is 12.4. The molecule has 0 aliphatic heterocycles. The van der Waals surface area contributed by atoms with Crippen LogP contribution in [0.25, 0.3) is 0 Å². The van der Waals surface area contributed by atoms with Crippen LogP contribution >= 0.6 is 7.75 Å². The van der Waals surface area contributed by atoms with Gasteiger partial charge >= 0.3 is 7.75 Å². The van der Waals surface area contributed by atoms with Gasteiger partial charge in [0.25, 0.3) is 0 Å². The molecular weight excluding hydrogens is 197 g/mol. The van der Waals surface area contributed by atoms with Crippen LogP contribution in [0.1, 0.15) is 13.8 Å². The quantitative estimate of drug-likeness (QED) is 0.629. The molecule has 0 radical (unpaired) electrons. The summed E-state index contributed by atoms with van der Waals surface area (Å²) < 4.78 is 21.2. The molecule has 0 aromatic carbocycles. The van der Waals surface area contributed by atoms with E-state index < -0.39 is 19.9 Å². The van der Waals surface area contributed by atoms with E-state index in [1.54, 1.807) is 13.8 Å². The fourth-order valence-electron chi connectivity index (χ4n) is 0.844. The Bertz CT molecular complexity index is 221. The standard InChI is InChI=1S/C6H14NO5P/c1-5(2)7(6(8)9)13(10,11-3)12-4/h5H,1-4H3,(H,8,9)/p-1. The second kappa shape index (κ2) is 4.60. The van der Waals surface area contributed by atoms with Gasteiger partial charge in [-0.1, -0.05) is 0 Å². The van der Waals surface area contributed by atoms with Crippen LogP contribution in [0.2, 0.25) is 0 Å². The lowest BCUT2D eigenvalue weighted by atomic mass is 10.4. The number of amides is 1. The maximum atomic E-state index is 11.6. The number of carboxylic acid groups (broad SMARTS) is 1. The molecule has 1 amide bonds. The molecule has 0 fully saturated rings. The summed E-state index contributed by atoms with van der Waals surface area (Å²) in [7, 11) is -1.50. The Morgan fingerprint density at radius 2 is 1.77 bits per heavy atom. The summed E-state index contributed by atoms with van der Waals surface area (Å²) in [6.07, 6.45) is -1.58. The maximum absolute atomic E-state index is 11.6. The lowest BCUT2D eigenvalue weighted by Gasteiger charge is -2.33. The Balaban J connectivity index is 4.92. The van der Waals surface area contributed by atoms with E-state index in [2.05, 4.69) is 9.05 Å². The molecule has 0 unspecified atom stereocenters. The van der Waals surface area contributed by atoms with Crippen molar-refractivity contribution in [3.05, 3.63) is 0 Å². The lowest BCUT2D eigenvalue weighted by molar-refractivity contribution is -0.261. The summed E-state index contributed by atoms with van der Waals surface area (Å²) in [4.78, 5) is 10.6. The molecule has 0 atom stereocenters. The van der Waals surface area contributed by atoms with E-state index in [1.165, 1.54) is 0 Å². The highest BCUT2D eigenvalue weighted by Crippen LogP contribution is 2.51. The zero-order chi connectivity index (χ0) is 10.6. The Hall–Kier alpha value is -0.580. The zero-order valence-electron chi connectivity index (χ0n) is 8.01. The Morgan fingerprint density at radius 1 is 1.38 bits per heavy atom. The van der Waals surface area contributed by atoms with Gasteiger partial charge in [-0.05, 0) is 13.8 Å². The molecule has 7 heteroatoms. The largest absolute Gasteiger partial charge is 0.529 e. The number of carbonyl (C=O) groups excluding carboxylic acids is 1. The van der Waals surface area contributed by atoms with E-state index in [0.29, 0.717) is 4.67 Å². The van der Waals surface area contributed by atoms with E-state index in [4.69, 9.17) is 0 Å². The van der Waals surface area contributed by atoms with E-state index in [9.17, 15) is 14.5 Å². The minimum Gasteiger partial charge on any atom is -0.529 e. The van der Waals surface area contributed by atoms with Crippen molar-refractivity contribution in [2.24, 2.45) is 0 Å². The fourth-order valence-corrected chi connectivity index (χ4v) is 2.11. The van der Waals surface area contributed by atoms with Gasteiger partial charge < -0.3 is 9.90 Å². The van der Waals surface area contributed by atoms with Crippen LogP contribution in [-0.4, -0.2) is 31.0 Å². The van der Waals surface area contributed by atoms with Gasteiger partial charge in [0, 0.05) is 20.3 Å². The van der Waals surface area contributed by atoms with Gasteiger partial charge in [0.1, 0.15) is 6.09 Å². The maximum Gasteiger partial charge on any atom is 0.435 e. The SMILES string of the molecule is COP(=O)(OC)N(C(=O)[O-])C(C)C. The Labute approximate surface area is 77.0 Å². The van der Waals surface area contributed by atoms with Crippen molar-refractivity contribution in [3.63, 3.8) is 0 Å². The monoisotopic (exact) mass is 210 g/mol. The van der Waals surface area contributed by atoms with Crippen molar-refractivity contribution >= 4 is 13.8 Å². The number of hydrogen-bond acceptors (Lipinski definition) is 5. The molecule has 0 aromatic rings. The van der Waals surface area contributed by atoms with Crippen molar-refractivity contribution in [2.75, 3.05) is 14.2 Å². The Morgan fingerprint density at radius 3 is 1.85 bits per heavy atom. The van der Waals surface area contributed by atoms with Crippen molar-refractivity contribution < 1.29 is 23.5 Å². The average Bonchev–Trinajstić information content (AvgIpc) is 2.02. The summed E-state index contributed by atoms with van der Waals surface area (Å²) in [6, 6.07) is -0.532. The zero-order valence-corrected chi connectivity index (χ0v) is 8.91. The average molecular weight is 210 g/mol. The van der Waals surface area contributed by atoms with E-state index in [1.807, 2.05) is 0 Å². The topological polar surface area (TPSA) is 78.9 Å². The summed E-state index contributed by atoms with van der Waals surface area (Å²) in [5, 5.41) is 10.6. The van der Waals surface area contributed by atoms with Gasteiger partial charge in [0.05, 0.1) is 0 Å². The first-order valence-corrected chi connectivity index (χ1v) is 5.10. The highest BCUT2D eigenvalue weighted by molar-refractivity contribution is 7.52. The van der Waals surface area contributed by atoms with Gasteiger partial charge in [-0.25, -0.2) is 4.57 Å². The molecular formula is C6H13NO5P-. The van der Waals surface area contributed by atoms with Crippen molar-refractivity contribution in [1.29, 1.82) is 0 Å². The van der Waals surface area contributed by atoms with Crippen LogP contribution in [0.4, 0.5) is 4.79 Å². The summed E-state index contributed by atoms with van der Waals surface area (Å²) in [5.41, 5.74) is 0. The number of nitrogens with zero attached hydrogens (tertiary/aromatic N) is 1. The fraction of sp³-hybridized carbons (Fsp3) is 0.833. The lowest BCUT2D eigenvalue weighted by Crippen LogP contribution is -2.43. The number of rotatable bonds is 4. The van der Waals surface area contributed by atoms with E-state index in [0.717, 1.165) is 14.2 Å². The van der Waals surface area contributed by atoms with Gasteiger partial charge in [-0.15, -0.1) is 0 Å². The van der Waals surface area contributed by atoms with Crippen LogP contribution in [0, 0.1) is 0 Å². The Kier molecular flexibility index (Phi) is 4.39. The molecule has 0 heterocycles. The third kappa shape index (κ3) is 2.69. The van der Waals surface area contributed by atoms with Crippen LogP contribution in [-0.2, 0) is 13.6 Å². The molecule has 0 N–H and O–H groups in total.